The molecule has 2 atom stereocenters. The Labute approximate surface area is 330 Å². The highest BCUT2D eigenvalue weighted by atomic mass is 16.5. The molecular formula is C40H74N8O7. The highest BCUT2D eigenvalue weighted by Gasteiger charge is 2.21. The summed E-state index contributed by atoms with van der Waals surface area (Å²) >= 11 is 0. The Bertz CT molecular complexity index is 1180. The van der Waals surface area contributed by atoms with Gasteiger partial charge < -0.3 is 62.9 Å². The lowest BCUT2D eigenvalue weighted by Gasteiger charge is -2.01. The maximum atomic E-state index is 9.82. The average Bonchev–Trinajstić information content (AvgIpc) is 3.55. The predicted octanol–water partition coefficient (Wildman–Crippen LogP) is 4.12. The molecule has 1 saturated carbocycles. The Morgan fingerprint density at radius 2 is 1.25 bits per heavy atom. The van der Waals surface area contributed by atoms with E-state index < -0.39 is 12.2 Å². The second-order valence-electron chi connectivity index (χ2n) is 12.8. The summed E-state index contributed by atoms with van der Waals surface area (Å²) in [6, 6.07) is 15.9. The molecule has 0 bridgehead atoms. The van der Waals surface area contributed by atoms with E-state index in [1.807, 2.05) is 76.2 Å². The van der Waals surface area contributed by atoms with Crippen LogP contribution in [0.1, 0.15) is 82.4 Å². The number of hydrogen-bond donors (Lipinski definition) is 12. The van der Waals surface area contributed by atoms with Gasteiger partial charge in [-0.05, 0) is 109 Å². The number of carboxylic acid groups (broad SMARTS) is 2. The topological polar surface area (TPSA) is 249 Å². The van der Waals surface area contributed by atoms with Crippen molar-refractivity contribution >= 4 is 17.9 Å². The number of aryl methyl sites for hydroxylation is 2. The maximum Gasteiger partial charge on any atom is 0.404 e. The first kappa shape index (κ1) is 53.0. The minimum absolute atomic E-state index is 0.0648. The fourth-order valence-corrected chi connectivity index (χ4v) is 4.28. The normalized spacial score (nSPS) is 17.4. The number of amides is 2. The van der Waals surface area contributed by atoms with Crippen molar-refractivity contribution in [2.24, 2.45) is 17.5 Å². The fourth-order valence-electron chi connectivity index (χ4n) is 4.28. The van der Waals surface area contributed by atoms with Gasteiger partial charge in [0.15, 0.2) is 0 Å². The fraction of sp³-hybridized carbons (Fsp3) is 0.600. The second kappa shape index (κ2) is 36.8. The lowest BCUT2D eigenvalue weighted by atomic mass is 10.1. The molecular weight excluding hydrogens is 704 g/mol. The van der Waals surface area contributed by atoms with Crippen LogP contribution < -0.4 is 48.3 Å². The maximum absolute atomic E-state index is 9.82. The van der Waals surface area contributed by atoms with Gasteiger partial charge in [-0.1, -0.05) is 68.3 Å². The molecule has 316 valence electrons. The molecule has 6 rings (SSSR count). The lowest BCUT2D eigenvalue weighted by molar-refractivity contribution is 0.193. The first-order valence-electron chi connectivity index (χ1n) is 19.4. The Morgan fingerprint density at radius 3 is 1.53 bits per heavy atom. The Morgan fingerprint density at radius 1 is 0.782 bits per heavy atom. The van der Waals surface area contributed by atoms with E-state index in [-0.39, 0.29) is 12.2 Å². The molecule has 2 amide bonds. The van der Waals surface area contributed by atoms with Crippen molar-refractivity contribution in [2.75, 3.05) is 59.5 Å². The molecule has 15 heteroatoms. The van der Waals surface area contributed by atoms with Crippen LogP contribution >= 0.6 is 0 Å². The Hall–Kier alpha value is -4.12. The third kappa shape index (κ3) is 36.6. The first-order valence-corrected chi connectivity index (χ1v) is 19.4. The number of rotatable bonds is 7. The van der Waals surface area contributed by atoms with E-state index in [1.165, 1.54) is 49.9 Å². The minimum atomic E-state index is -0.943. The van der Waals surface area contributed by atoms with E-state index in [0.29, 0.717) is 24.7 Å². The summed E-state index contributed by atoms with van der Waals surface area (Å²) in [6.45, 7) is 17.3. The number of nitrogens with two attached hydrogens (primary N) is 2. The number of β-amino-alcohol motifs (C(OH)–C–C–N with tert-alkyl or cyclic N) is 2. The van der Waals surface area contributed by atoms with Crippen molar-refractivity contribution in [1.29, 1.82) is 0 Å². The predicted molar refractivity (Wildman–Crippen MR) is 224 cm³/mol. The molecule has 2 aromatic carbocycles. The van der Waals surface area contributed by atoms with Gasteiger partial charge in [0.1, 0.15) is 5.75 Å². The number of aliphatic hydroxyl groups is 2. The molecule has 2 unspecified atom stereocenters. The monoisotopic (exact) mass is 779 g/mol. The summed E-state index contributed by atoms with van der Waals surface area (Å²) in [6.07, 6.45) is 7.46. The van der Waals surface area contributed by atoms with Crippen molar-refractivity contribution in [3.8, 4) is 5.75 Å². The van der Waals surface area contributed by atoms with Gasteiger partial charge in [-0.15, -0.1) is 0 Å². The molecule has 55 heavy (non-hydrogen) atoms. The smallest absolute Gasteiger partial charge is 0.404 e. The van der Waals surface area contributed by atoms with Crippen molar-refractivity contribution in [3.05, 3.63) is 71.4 Å². The number of aliphatic hydroxyl groups excluding tert-OH is 2. The third-order valence-corrected chi connectivity index (χ3v) is 7.67. The number of benzene rings is 2. The summed E-state index contributed by atoms with van der Waals surface area (Å²) in [5, 5.41) is 47.1. The summed E-state index contributed by atoms with van der Waals surface area (Å²) < 4.78 is 4.97. The summed E-state index contributed by atoms with van der Waals surface area (Å²) in [7, 11) is 1.67. The Balaban J connectivity index is 0. The lowest BCUT2D eigenvalue weighted by Crippen LogP contribution is -2.22. The van der Waals surface area contributed by atoms with Crippen LogP contribution in [-0.2, 0) is 0 Å². The van der Waals surface area contributed by atoms with E-state index in [0.717, 1.165) is 56.8 Å². The molecule has 1 aliphatic carbocycles. The highest BCUT2D eigenvalue weighted by Crippen LogP contribution is 2.27. The summed E-state index contributed by atoms with van der Waals surface area (Å²) in [4.78, 5) is 19.5. The zero-order valence-corrected chi connectivity index (χ0v) is 34.2. The molecule has 3 aliphatic heterocycles. The summed E-state index contributed by atoms with van der Waals surface area (Å²) in [5.74, 6) is 6.65. The molecule has 0 spiro atoms. The van der Waals surface area contributed by atoms with Gasteiger partial charge in [-0.2, -0.15) is 0 Å². The molecule has 4 fully saturated rings. The third-order valence-electron chi connectivity index (χ3n) is 7.67. The van der Waals surface area contributed by atoms with Crippen LogP contribution in [0.3, 0.4) is 0 Å². The minimum Gasteiger partial charge on any atom is -0.497 e. The van der Waals surface area contributed by atoms with Gasteiger partial charge in [0.2, 0.25) is 0 Å². The number of methoxy groups -OCH3 is 1. The van der Waals surface area contributed by atoms with E-state index >= 15 is 0 Å². The van der Waals surface area contributed by atoms with Gasteiger partial charge in [0, 0.05) is 32.4 Å². The van der Waals surface area contributed by atoms with Gasteiger partial charge in [0.25, 0.3) is 0 Å². The van der Waals surface area contributed by atoms with Crippen LogP contribution in [0, 0.1) is 19.8 Å². The molecule has 4 aliphatic rings. The molecule has 14 N–H and O–H groups in total. The quantitative estimate of drug-likeness (QED) is 0.140. The molecule has 2 aromatic rings. The zero-order chi connectivity index (χ0) is 41.7. The standard InChI is InChI=1S/C9H13N3.C8H10O.C5H9NO2.C4H9NO2.2C4H9NO.C4H9N.C2H6/c1-7-2-4-8(5-3-7)9(10)6-12-11;1-7-3-5-8(9-2)6-4-7;7-5(8)6-3-4-1-2-4;1-2-3-5-4(6)7;2*6-4-1-2-5-3-4;1-2-4-5-3-1;1-2/h2-6,12H,10-11H2,1H3;3-6H,1-2H3;4,6H,1-3H2,(H,7,8);5H,2-3H2,1H3,(H,6,7);2*4-6H,1-3H2;5H,1-4H2;1-2H3/b9-6-;;;;;;;. The number of carbonyl (C=O) groups is 2. The van der Waals surface area contributed by atoms with Crippen LogP contribution in [0.25, 0.3) is 5.70 Å². The molecule has 0 radical (unpaired) electrons. The van der Waals surface area contributed by atoms with Crippen molar-refractivity contribution in [2.45, 2.75) is 91.8 Å². The molecule has 0 aromatic heterocycles. The van der Waals surface area contributed by atoms with Crippen LogP contribution in [0.4, 0.5) is 9.59 Å². The van der Waals surface area contributed by atoms with Crippen LogP contribution in [0.15, 0.2) is 54.7 Å². The van der Waals surface area contributed by atoms with Crippen molar-refractivity contribution in [3.63, 3.8) is 0 Å². The SMILES string of the molecule is C1CCNC1.CC.CCCNC(=O)O.COc1ccc(C)cc1.Cc1ccc(/C(N)=C/NN)cc1.O=C(O)NCC1CC1.OC1CCNC1.OC1CCNC1. The van der Waals surface area contributed by atoms with Gasteiger partial charge in [-0.3, -0.25) is 5.84 Å². The van der Waals surface area contributed by atoms with E-state index in [1.54, 1.807) is 13.3 Å². The van der Waals surface area contributed by atoms with E-state index in [9.17, 15) is 9.59 Å². The van der Waals surface area contributed by atoms with Crippen LogP contribution in [0.2, 0.25) is 0 Å². The van der Waals surface area contributed by atoms with E-state index in [2.05, 4.69) is 38.9 Å². The molecule has 3 heterocycles. The van der Waals surface area contributed by atoms with Gasteiger partial charge in [0.05, 0.1) is 25.0 Å². The second-order valence-corrected chi connectivity index (χ2v) is 12.8. The number of nitrogens with one attached hydrogen (secondary N) is 6. The van der Waals surface area contributed by atoms with Gasteiger partial charge >= 0.3 is 12.2 Å². The Kier molecular flexibility index (Phi) is 35.5. The number of ether oxygens (including phenoxy) is 1. The van der Waals surface area contributed by atoms with Crippen LogP contribution in [0.5, 0.6) is 5.75 Å². The first-order chi connectivity index (χ1) is 26.4. The summed E-state index contributed by atoms with van der Waals surface area (Å²) in [5.41, 5.74) is 12.2. The highest BCUT2D eigenvalue weighted by molar-refractivity contribution is 5.64. The number of hydrogen-bond acceptors (Lipinski definition) is 11. The van der Waals surface area contributed by atoms with Crippen molar-refractivity contribution < 1.29 is 34.8 Å². The number of hydrazine groups is 1. The zero-order valence-electron chi connectivity index (χ0n) is 34.2. The van der Waals surface area contributed by atoms with Crippen LogP contribution in [-0.4, -0.2) is 104 Å². The van der Waals surface area contributed by atoms with Gasteiger partial charge in [-0.25, -0.2) is 9.59 Å². The molecule has 15 nitrogen and oxygen atoms in total. The largest absolute Gasteiger partial charge is 0.497 e. The average molecular weight is 779 g/mol. The van der Waals surface area contributed by atoms with E-state index in [4.69, 9.17) is 36.7 Å². The molecule has 3 saturated heterocycles. The van der Waals surface area contributed by atoms with Crippen molar-refractivity contribution in [1.82, 2.24) is 32.0 Å².